The van der Waals surface area contributed by atoms with Gasteiger partial charge in [-0.15, -0.1) is 10.2 Å². The third-order valence-corrected chi connectivity index (χ3v) is 3.68. The first-order chi connectivity index (χ1) is 8.33. The van der Waals surface area contributed by atoms with E-state index in [2.05, 4.69) is 51.8 Å². The molecule has 2 atom stereocenters. The van der Waals surface area contributed by atoms with Crippen molar-refractivity contribution in [1.29, 1.82) is 0 Å². The van der Waals surface area contributed by atoms with E-state index in [1.807, 2.05) is 0 Å². The second kappa shape index (κ2) is 4.28. The van der Waals surface area contributed by atoms with Crippen molar-refractivity contribution < 1.29 is 0 Å². The molecule has 1 aliphatic rings. The van der Waals surface area contributed by atoms with Gasteiger partial charge in [0.05, 0.1) is 0 Å². The number of nitrogens with zero attached hydrogens (tertiary/aromatic N) is 3. The number of aromatic nitrogens is 4. The quantitative estimate of drug-likeness (QED) is 0.859. The Kier molecular flexibility index (Phi) is 2.63. The summed E-state index contributed by atoms with van der Waals surface area (Å²) in [5.74, 6) is 2.28. The topological polar surface area (TPSA) is 54.5 Å². The van der Waals surface area contributed by atoms with Crippen LogP contribution >= 0.6 is 0 Å². The van der Waals surface area contributed by atoms with Crippen LogP contribution in [0.3, 0.4) is 0 Å². The summed E-state index contributed by atoms with van der Waals surface area (Å²) >= 11 is 0. The van der Waals surface area contributed by atoms with Crippen LogP contribution in [-0.2, 0) is 0 Å². The smallest absolute Gasteiger partial charge is 0.177 e. The van der Waals surface area contributed by atoms with E-state index in [4.69, 9.17) is 0 Å². The molecule has 0 spiro atoms. The largest absolute Gasteiger partial charge is 0.204 e. The highest BCUT2D eigenvalue weighted by Gasteiger charge is 2.22. The van der Waals surface area contributed by atoms with E-state index in [0.29, 0.717) is 5.82 Å². The Labute approximate surface area is 100 Å². The monoisotopic (exact) mass is 228 g/mol. The number of aromatic amines is 1. The first-order valence-electron chi connectivity index (χ1n) is 6.16. The van der Waals surface area contributed by atoms with Crippen LogP contribution < -0.4 is 0 Å². The Morgan fingerprint density at radius 1 is 1.18 bits per heavy atom. The maximum absolute atomic E-state index is 3.98. The van der Waals surface area contributed by atoms with Gasteiger partial charge in [-0.1, -0.05) is 37.6 Å². The summed E-state index contributed by atoms with van der Waals surface area (Å²) in [6.07, 6.45) is 4.00. The zero-order chi connectivity index (χ0) is 11.7. The molecule has 0 aliphatic heterocycles. The Morgan fingerprint density at radius 2 is 2.00 bits per heavy atom. The van der Waals surface area contributed by atoms with Crippen molar-refractivity contribution in [3.8, 4) is 11.4 Å². The van der Waals surface area contributed by atoms with Gasteiger partial charge in [-0.2, -0.15) is 5.21 Å². The summed E-state index contributed by atoms with van der Waals surface area (Å²) in [5.41, 5.74) is 2.47. The van der Waals surface area contributed by atoms with Gasteiger partial charge < -0.3 is 0 Å². The van der Waals surface area contributed by atoms with Crippen molar-refractivity contribution in [3.63, 3.8) is 0 Å². The molecule has 1 fully saturated rings. The number of nitrogens with one attached hydrogen (secondary N) is 1. The van der Waals surface area contributed by atoms with Gasteiger partial charge in [0.2, 0.25) is 5.82 Å². The molecule has 0 radical (unpaired) electrons. The lowest BCUT2D eigenvalue weighted by Gasteiger charge is -2.10. The van der Waals surface area contributed by atoms with Gasteiger partial charge in [0.1, 0.15) is 0 Å². The van der Waals surface area contributed by atoms with Crippen molar-refractivity contribution in [2.75, 3.05) is 0 Å². The lowest BCUT2D eigenvalue weighted by atomic mass is 9.95. The van der Waals surface area contributed by atoms with Crippen LogP contribution in [0.2, 0.25) is 0 Å². The van der Waals surface area contributed by atoms with E-state index < -0.39 is 0 Å². The van der Waals surface area contributed by atoms with E-state index in [1.165, 1.54) is 24.8 Å². The second-order valence-electron chi connectivity index (χ2n) is 4.97. The summed E-state index contributed by atoms with van der Waals surface area (Å²) in [7, 11) is 0. The van der Waals surface area contributed by atoms with Crippen molar-refractivity contribution in [3.05, 3.63) is 29.8 Å². The first-order valence-corrected chi connectivity index (χ1v) is 6.16. The standard InChI is InChI=1S/C13H16N4/c1-9-2-3-12(8-9)10-4-6-11(7-5-10)13-14-16-17-15-13/h4-7,9,12H,2-3,8H2,1H3,(H,14,15,16,17)/t9-,12?/m0/s1. The van der Waals surface area contributed by atoms with Crippen LogP contribution in [0.4, 0.5) is 0 Å². The third-order valence-electron chi connectivity index (χ3n) is 3.68. The lowest BCUT2D eigenvalue weighted by Crippen LogP contribution is -1.93. The minimum Gasteiger partial charge on any atom is -0.177 e. The molecule has 3 rings (SSSR count). The highest BCUT2D eigenvalue weighted by atomic mass is 15.5. The van der Waals surface area contributed by atoms with E-state index in [1.54, 1.807) is 0 Å². The molecule has 1 heterocycles. The zero-order valence-electron chi connectivity index (χ0n) is 9.93. The average Bonchev–Trinajstić information content (AvgIpc) is 3.00. The van der Waals surface area contributed by atoms with Crippen LogP contribution in [-0.4, -0.2) is 20.6 Å². The Hall–Kier alpha value is -1.71. The van der Waals surface area contributed by atoms with Crippen LogP contribution in [0.5, 0.6) is 0 Å². The van der Waals surface area contributed by atoms with Crippen LogP contribution in [0.15, 0.2) is 24.3 Å². The Bertz CT molecular complexity index is 475. The number of hydrogen-bond acceptors (Lipinski definition) is 3. The summed E-state index contributed by atoms with van der Waals surface area (Å²) in [5, 5.41) is 14.0. The van der Waals surface area contributed by atoms with Crippen LogP contribution in [0, 0.1) is 5.92 Å². The number of H-pyrrole nitrogens is 1. The molecule has 1 saturated carbocycles. The Balaban J connectivity index is 1.81. The predicted octanol–water partition coefficient (Wildman–Crippen LogP) is 2.77. The van der Waals surface area contributed by atoms with E-state index in [0.717, 1.165) is 17.4 Å². The molecule has 1 N–H and O–H groups in total. The third kappa shape index (κ3) is 2.07. The molecule has 1 aromatic heterocycles. The van der Waals surface area contributed by atoms with Gasteiger partial charge in [0.15, 0.2) is 0 Å². The van der Waals surface area contributed by atoms with Crippen molar-refractivity contribution in [2.45, 2.75) is 32.1 Å². The molecule has 17 heavy (non-hydrogen) atoms. The van der Waals surface area contributed by atoms with E-state index >= 15 is 0 Å². The molecule has 2 aromatic rings. The molecule has 4 nitrogen and oxygen atoms in total. The number of tetrazole rings is 1. The van der Waals surface area contributed by atoms with E-state index in [9.17, 15) is 0 Å². The zero-order valence-corrected chi connectivity index (χ0v) is 9.93. The minimum atomic E-state index is 0.663. The molecule has 0 bridgehead atoms. The van der Waals surface area contributed by atoms with Gasteiger partial charge in [-0.25, -0.2) is 0 Å². The maximum Gasteiger partial charge on any atom is 0.204 e. The summed E-state index contributed by atoms with van der Waals surface area (Å²) in [6.45, 7) is 2.34. The van der Waals surface area contributed by atoms with Gasteiger partial charge >= 0.3 is 0 Å². The number of benzene rings is 1. The minimum absolute atomic E-state index is 0.663. The summed E-state index contributed by atoms with van der Waals surface area (Å²) in [6, 6.07) is 8.58. The fourth-order valence-electron chi connectivity index (χ4n) is 2.70. The first kappa shape index (κ1) is 10.4. The average molecular weight is 228 g/mol. The predicted molar refractivity (Wildman–Crippen MR) is 65.4 cm³/mol. The Morgan fingerprint density at radius 3 is 2.59 bits per heavy atom. The van der Waals surface area contributed by atoms with Crippen molar-refractivity contribution in [1.82, 2.24) is 20.6 Å². The molecular weight excluding hydrogens is 212 g/mol. The normalized spacial score (nSPS) is 24.1. The molecule has 88 valence electrons. The fourth-order valence-corrected chi connectivity index (χ4v) is 2.70. The van der Waals surface area contributed by atoms with Crippen LogP contribution in [0.25, 0.3) is 11.4 Å². The van der Waals surface area contributed by atoms with E-state index in [-0.39, 0.29) is 0 Å². The fraction of sp³-hybridized carbons (Fsp3) is 0.462. The second-order valence-corrected chi connectivity index (χ2v) is 4.97. The number of rotatable bonds is 2. The molecule has 1 unspecified atom stereocenters. The SMILES string of the molecule is C[C@H]1CCC(c2ccc(-c3nn[nH]n3)cc2)C1. The van der Waals surface area contributed by atoms with Crippen LogP contribution in [0.1, 0.15) is 37.7 Å². The van der Waals surface area contributed by atoms with Gasteiger partial charge in [-0.3, -0.25) is 0 Å². The number of hydrogen-bond donors (Lipinski definition) is 1. The highest BCUT2D eigenvalue weighted by molar-refractivity contribution is 5.54. The highest BCUT2D eigenvalue weighted by Crippen LogP contribution is 2.38. The van der Waals surface area contributed by atoms with Crippen molar-refractivity contribution in [2.24, 2.45) is 5.92 Å². The molecule has 0 amide bonds. The molecule has 1 aromatic carbocycles. The van der Waals surface area contributed by atoms with Gasteiger partial charge in [0, 0.05) is 5.56 Å². The molecule has 1 aliphatic carbocycles. The summed E-state index contributed by atoms with van der Waals surface area (Å²) in [4.78, 5) is 0. The van der Waals surface area contributed by atoms with Gasteiger partial charge in [0.25, 0.3) is 0 Å². The summed E-state index contributed by atoms with van der Waals surface area (Å²) < 4.78 is 0. The van der Waals surface area contributed by atoms with Crippen molar-refractivity contribution >= 4 is 0 Å². The maximum atomic E-state index is 3.98. The molecule has 0 saturated heterocycles. The van der Waals surface area contributed by atoms with Gasteiger partial charge in [-0.05, 0) is 35.5 Å². The lowest BCUT2D eigenvalue weighted by molar-refractivity contribution is 0.596. The molecule has 4 heteroatoms. The molecular formula is C13H16N4.